The van der Waals surface area contributed by atoms with E-state index < -0.39 is 18.6 Å². The molecule has 0 bridgehead atoms. The Balaban J connectivity index is 3.59. The molecule has 1 nitrogen and oxygen atoms in total. The lowest BCUT2D eigenvalue weighted by Gasteiger charge is -2.08. The largest absolute Gasteiger partial charge is 0.390 e. The fraction of sp³-hybridized carbons (Fsp3) is 0.600. The lowest BCUT2D eigenvalue weighted by Crippen LogP contribution is -2.24. The maximum absolute atomic E-state index is 11.4. The van der Waals surface area contributed by atoms with E-state index in [1.165, 1.54) is 0 Å². The molecule has 4 heteroatoms. The van der Waals surface area contributed by atoms with Gasteiger partial charge in [0.15, 0.2) is 0 Å². The van der Waals surface area contributed by atoms with E-state index in [2.05, 4.69) is 6.58 Å². The van der Waals surface area contributed by atoms with Gasteiger partial charge in [-0.2, -0.15) is 13.2 Å². The Morgan fingerprint density at radius 3 is 2.11 bits per heavy atom. The van der Waals surface area contributed by atoms with E-state index in [4.69, 9.17) is 5.73 Å². The second-order valence-electron chi connectivity index (χ2n) is 1.72. The third kappa shape index (κ3) is 5.36. The zero-order valence-electron chi connectivity index (χ0n) is 4.78. The number of halogens is 3. The van der Waals surface area contributed by atoms with Crippen molar-refractivity contribution < 1.29 is 13.2 Å². The summed E-state index contributed by atoms with van der Waals surface area (Å²) >= 11 is 0. The summed E-state index contributed by atoms with van der Waals surface area (Å²) < 4.78 is 34.1. The summed E-state index contributed by atoms with van der Waals surface area (Å²) in [5, 5.41) is 0. The van der Waals surface area contributed by atoms with Crippen LogP contribution in [0.2, 0.25) is 0 Å². The van der Waals surface area contributed by atoms with Crippen LogP contribution in [-0.2, 0) is 0 Å². The Morgan fingerprint density at radius 2 is 2.00 bits per heavy atom. The fourth-order valence-corrected chi connectivity index (χ4v) is 0.351. The van der Waals surface area contributed by atoms with E-state index in [1.807, 2.05) is 0 Å². The zero-order chi connectivity index (χ0) is 7.49. The van der Waals surface area contributed by atoms with Crippen molar-refractivity contribution >= 4 is 0 Å². The van der Waals surface area contributed by atoms with Gasteiger partial charge < -0.3 is 5.73 Å². The van der Waals surface area contributed by atoms with Gasteiger partial charge in [0.25, 0.3) is 0 Å². The quantitative estimate of drug-likeness (QED) is 0.576. The van der Waals surface area contributed by atoms with Gasteiger partial charge in [-0.3, -0.25) is 0 Å². The second-order valence-corrected chi connectivity index (χ2v) is 1.72. The summed E-state index contributed by atoms with van der Waals surface area (Å²) in [6.07, 6.45) is -4.09. The predicted octanol–water partition coefficient (Wildman–Crippen LogP) is 1.45. The highest BCUT2D eigenvalue weighted by Gasteiger charge is 2.28. The Kier molecular flexibility index (Phi) is 2.70. The number of alkyl halides is 3. The van der Waals surface area contributed by atoms with E-state index in [-0.39, 0.29) is 0 Å². The first kappa shape index (κ1) is 8.49. The van der Waals surface area contributed by atoms with Crippen LogP contribution in [0.15, 0.2) is 12.7 Å². The third-order valence-corrected chi connectivity index (χ3v) is 0.770. The molecule has 0 radical (unpaired) electrons. The van der Waals surface area contributed by atoms with Crippen LogP contribution < -0.4 is 5.73 Å². The van der Waals surface area contributed by atoms with Gasteiger partial charge in [-0.1, -0.05) is 6.08 Å². The monoisotopic (exact) mass is 139 g/mol. The van der Waals surface area contributed by atoms with Crippen molar-refractivity contribution in [3.05, 3.63) is 12.7 Å². The second kappa shape index (κ2) is 2.87. The molecule has 0 aromatic rings. The van der Waals surface area contributed by atoms with E-state index in [1.54, 1.807) is 0 Å². The van der Waals surface area contributed by atoms with Crippen LogP contribution in [-0.4, -0.2) is 12.2 Å². The number of hydrogen-bond acceptors (Lipinski definition) is 1. The maximum Gasteiger partial charge on any atom is 0.390 e. The highest BCUT2D eigenvalue weighted by atomic mass is 19.4. The van der Waals surface area contributed by atoms with Crippen molar-refractivity contribution in [2.75, 3.05) is 0 Å². The minimum absolute atomic E-state index is 0.968. The molecule has 0 spiro atoms. The molecule has 1 atom stereocenters. The van der Waals surface area contributed by atoms with Crippen molar-refractivity contribution in [3.63, 3.8) is 0 Å². The van der Waals surface area contributed by atoms with Gasteiger partial charge in [0, 0.05) is 6.04 Å². The van der Waals surface area contributed by atoms with Gasteiger partial charge in [-0.05, 0) is 0 Å². The van der Waals surface area contributed by atoms with Gasteiger partial charge in [-0.25, -0.2) is 0 Å². The average molecular weight is 139 g/mol. The molecule has 1 unspecified atom stereocenters. The van der Waals surface area contributed by atoms with Crippen LogP contribution in [0.4, 0.5) is 13.2 Å². The molecule has 0 fully saturated rings. The van der Waals surface area contributed by atoms with Gasteiger partial charge in [0.2, 0.25) is 0 Å². The van der Waals surface area contributed by atoms with Crippen LogP contribution in [0.3, 0.4) is 0 Å². The molecule has 0 aliphatic rings. The number of nitrogens with two attached hydrogens (primary N) is 1. The number of rotatable bonds is 2. The van der Waals surface area contributed by atoms with Crippen LogP contribution >= 0.6 is 0 Å². The molecule has 54 valence electrons. The Morgan fingerprint density at radius 1 is 1.56 bits per heavy atom. The SMILES string of the molecule is C=CC(N)CC(F)(F)F. The Hall–Kier alpha value is -0.510. The molecular weight excluding hydrogens is 131 g/mol. The predicted molar refractivity (Wildman–Crippen MR) is 28.8 cm³/mol. The molecule has 0 aromatic carbocycles. The van der Waals surface area contributed by atoms with Crippen molar-refractivity contribution in [2.45, 2.75) is 18.6 Å². The summed E-state index contributed by atoms with van der Waals surface area (Å²) in [6.45, 7) is 3.12. The molecule has 0 aliphatic carbocycles. The van der Waals surface area contributed by atoms with Crippen LogP contribution in [0.5, 0.6) is 0 Å². The molecule has 0 aliphatic heterocycles. The molecule has 0 heterocycles. The summed E-state index contributed by atoms with van der Waals surface area (Å²) in [5.41, 5.74) is 4.92. The average Bonchev–Trinajstić information content (AvgIpc) is 1.62. The summed E-state index contributed by atoms with van der Waals surface area (Å²) in [6, 6.07) is -0.968. The molecule has 0 aromatic heterocycles. The molecular formula is C5H8F3N. The van der Waals surface area contributed by atoms with E-state index in [0.29, 0.717) is 0 Å². The molecule has 0 amide bonds. The Labute approximate surface area is 51.3 Å². The first-order chi connectivity index (χ1) is 3.95. The van der Waals surface area contributed by atoms with E-state index >= 15 is 0 Å². The molecule has 0 saturated heterocycles. The third-order valence-electron chi connectivity index (χ3n) is 0.770. The summed E-state index contributed by atoms with van der Waals surface area (Å²) in [5.74, 6) is 0. The highest BCUT2D eigenvalue weighted by Crippen LogP contribution is 2.20. The minimum atomic E-state index is -4.17. The zero-order valence-corrected chi connectivity index (χ0v) is 4.78. The molecule has 2 N–H and O–H groups in total. The lowest BCUT2D eigenvalue weighted by molar-refractivity contribution is -0.135. The van der Waals surface area contributed by atoms with Crippen LogP contribution in [0, 0.1) is 0 Å². The fourth-order valence-electron chi connectivity index (χ4n) is 0.351. The van der Waals surface area contributed by atoms with E-state index in [0.717, 1.165) is 6.08 Å². The summed E-state index contributed by atoms with van der Waals surface area (Å²) in [7, 11) is 0. The topological polar surface area (TPSA) is 26.0 Å². The standard InChI is InChI=1S/C5H8F3N/c1-2-4(9)3-5(6,7)8/h2,4H,1,3,9H2. The van der Waals surface area contributed by atoms with Gasteiger partial charge in [-0.15, -0.1) is 6.58 Å². The van der Waals surface area contributed by atoms with Crippen molar-refractivity contribution in [2.24, 2.45) is 5.73 Å². The van der Waals surface area contributed by atoms with Gasteiger partial charge in [0.1, 0.15) is 0 Å². The maximum atomic E-state index is 11.4. The molecule has 9 heavy (non-hydrogen) atoms. The summed E-state index contributed by atoms with van der Waals surface area (Å²) in [4.78, 5) is 0. The van der Waals surface area contributed by atoms with Crippen molar-refractivity contribution in [1.29, 1.82) is 0 Å². The first-order valence-corrected chi connectivity index (χ1v) is 2.40. The number of hydrogen-bond donors (Lipinski definition) is 1. The smallest absolute Gasteiger partial charge is 0.324 e. The Bertz CT molecular complexity index is 96.9. The van der Waals surface area contributed by atoms with Crippen LogP contribution in [0.25, 0.3) is 0 Å². The minimum Gasteiger partial charge on any atom is -0.324 e. The highest BCUT2D eigenvalue weighted by molar-refractivity contribution is 4.83. The molecule has 0 saturated carbocycles. The first-order valence-electron chi connectivity index (χ1n) is 2.40. The van der Waals surface area contributed by atoms with Crippen molar-refractivity contribution in [1.82, 2.24) is 0 Å². The van der Waals surface area contributed by atoms with Gasteiger partial charge in [0.05, 0.1) is 6.42 Å². The van der Waals surface area contributed by atoms with E-state index in [9.17, 15) is 13.2 Å². The lowest BCUT2D eigenvalue weighted by atomic mass is 10.2. The van der Waals surface area contributed by atoms with Crippen LogP contribution in [0.1, 0.15) is 6.42 Å². The molecule has 0 rings (SSSR count). The van der Waals surface area contributed by atoms with Gasteiger partial charge >= 0.3 is 6.18 Å². The van der Waals surface area contributed by atoms with Crippen molar-refractivity contribution in [3.8, 4) is 0 Å². The normalized spacial score (nSPS) is 15.1.